The van der Waals surface area contributed by atoms with Crippen LogP contribution in [0.1, 0.15) is 46.5 Å². The molecule has 2 amide bonds. The molecule has 116 valence electrons. The molecular formula is C17H26N2O2. The van der Waals surface area contributed by atoms with Crippen LogP contribution in [0, 0.1) is 29.6 Å². The normalized spacial score (nSPS) is 47.8. The van der Waals surface area contributed by atoms with Crippen molar-refractivity contribution in [2.45, 2.75) is 64.6 Å². The number of piperazine rings is 1. The van der Waals surface area contributed by atoms with Crippen molar-refractivity contribution >= 4 is 11.8 Å². The maximum absolute atomic E-state index is 12.9. The van der Waals surface area contributed by atoms with E-state index in [4.69, 9.17) is 0 Å². The van der Waals surface area contributed by atoms with Crippen LogP contribution in [0.5, 0.6) is 0 Å². The fourth-order valence-electron chi connectivity index (χ4n) is 5.54. The van der Waals surface area contributed by atoms with Crippen LogP contribution in [0.15, 0.2) is 0 Å². The van der Waals surface area contributed by atoms with Gasteiger partial charge in [-0.05, 0) is 62.2 Å². The number of amides is 2. The van der Waals surface area contributed by atoms with Gasteiger partial charge in [-0.2, -0.15) is 0 Å². The van der Waals surface area contributed by atoms with Gasteiger partial charge in [0.2, 0.25) is 11.8 Å². The molecule has 6 atom stereocenters. The Kier molecular flexibility index (Phi) is 2.89. The summed E-state index contributed by atoms with van der Waals surface area (Å²) in [5.74, 6) is 3.72. The van der Waals surface area contributed by atoms with Gasteiger partial charge in [0.15, 0.2) is 0 Å². The molecular weight excluding hydrogens is 264 g/mol. The second-order valence-corrected chi connectivity index (χ2v) is 8.09. The molecule has 2 bridgehead atoms. The minimum absolute atomic E-state index is 0.0394. The minimum atomic E-state index is -0.298. The first-order chi connectivity index (χ1) is 9.99. The van der Waals surface area contributed by atoms with Crippen molar-refractivity contribution in [2.75, 3.05) is 0 Å². The van der Waals surface area contributed by atoms with Crippen molar-refractivity contribution in [1.29, 1.82) is 0 Å². The molecule has 4 aliphatic rings. The Balaban J connectivity index is 1.55. The zero-order valence-corrected chi connectivity index (χ0v) is 13.2. The van der Waals surface area contributed by atoms with Gasteiger partial charge < -0.3 is 10.2 Å². The molecule has 0 aromatic carbocycles. The summed E-state index contributed by atoms with van der Waals surface area (Å²) in [6.45, 7) is 6.11. The highest BCUT2D eigenvalue weighted by atomic mass is 16.2. The van der Waals surface area contributed by atoms with Gasteiger partial charge in [-0.25, -0.2) is 0 Å². The highest BCUT2D eigenvalue weighted by Gasteiger charge is 2.68. The summed E-state index contributed by atoms with van der Waals surface area (Å²) in [5.41, 5.74) is 0. The first kappa shape index (κ1) is 13.6. The average Bonchev–Trinajstić information content (AvgIpc) is 2.84. The van der Waals surface area contributed by atoms with Gasteiger partial charge in [0.25, 0.3) is 0 Å². The van der Waals surface area contributed by atoms with E-state index in [2.05, 4.69) is 19.2 Å². The average molecular weight is 290 g/mol. The van der Waals surface area contributed by atoms with Crippen LogP contribution >= 0.6 is 0 Å². The molecule has 1 saturated heterocycles. The molecule has 3 saturated carbocycles. The molecule has 1 heterocycles. The van der Waals surface area contributed by atoms with Gasteiger partial charge >= 0.3 is 0 Å². The molecule has 0 aromatic heterocycles. The van der Waals surface area contributed by atoms with Gasteiger partial charge in [-0.1, -0.05) is 13.8 Å². The molecule has 4 nitrogen and oxygen atoms in total. The summed E-state index contributed by atoms with van der Waals surface area (Å²) in [6.07, 6.45) is 4.83. The lowest BCUT2D eigenvalue weighted by Crippen LogP contribution is -2.63. The van der Waals surface area contributed by atoms with Crippen LogP contribution in [0.25, 0.3) is 0 Å². The van der Waals surface area contributed by atoms with Gasteiger partial charge in [0, 0.05) is 6.04 Å². The van der Waals surface area contributed by atoms with Crippen LogP contribution in [-0.2, 0) is 9.59 Å². The molecule has 4 fully saturated rings. The van der Waals surface area contributed by atoms with Crippen molar-refractivity contribution in [3.8, 4) is 0 Å². The Morgan fingerprint density at radius 2 is 1.81 bits per heavy atom. The number of fused-ring (bicyclic) bond motifs is 5. The molecule has 6 unspecified atom stereocenters. The highest BCUT2D eigenvalue weighted by Crippen LogP contribution is 2.67. The quantitative estimate of drug-likeness (QED) is 0.861. The van der Waals surface area contributed by atoms with E-state index < -0.39 is 0 Å². The smallest absolute Gasteiger partial charge is 0.246 e. The fourth-order valence-corrected chi connectivity index (χ4v) is 5.54. The minimum Gasteiger partial charge on any atom is -0.343 e. The zero-order chi connectivity index (χ0) is 14.9. The third-order valence-electron chi connectivity index (χ3n) is 6.39. The standard InChI is InChI=1S/C17H26N2O2/c1-8(2)6-12-17(21)19(9(3)16(20)18-12)15-13-10-4-5-11(7-10)14(13)15/h8-15H,4-7H2,1-3H3,(H,18,20). The highest BCUT2D eigenvalue weighted by molar-refractivity contribution is 5.97. The number of carbonyl (C=O) groups excluding carboxylic acids is 2. The van der Waals surface area contributed by atoms with Gasteiger partial charge in [-0.3, -0.25) is 9.59 Å². The topological polar surface area (TPSA) is 49.4 Å². The maximum atomic E-state index is 12.9. The van der Waals surface area contributed by atoms with E-state index in [1.165, 1.54) is 19.3 Å². The summed E-state index contributed by atoms with van der Waals surface area (Å²) in [6, 6.07) is -0.206. The van der Waals surface area contributed by atoms with E-state index in [0.29, 0.717) is 23.8 Å². The molecule has 0 spiro atoms. The van der Waals surface area contributed by atoms with Crippen molar-refractivity contribution < 1.29 is 9.59 Å². The Bertz CT molecular complexity index is 473. The molecule has 4 heteroatoms. The van der Waals surface area contributed by atoms with Gasteiger partial charge in [0.1, 0.15) is 12.1 Å². The van der Waals surface area contributed by atoms with E-state index in [1.54, 1.807) is 0 Å². The molecule has 0 radical (unpaired) electrons. The van der Waals surface area contributed by atoms with Crippen molar-refractivity contribution in [3.63, 3.8) is 0 Å². The third-order valence-corrected chi connectivity index (χ3v) is 6.39. The summed E-state index contributed by atoms with van der Waals surface area (Å²) in [4.78, 5) is 27.1. The molecule has 3 aliphatic carbocycles. The van der Waals surface area contributed by atoms with Crippen LogP contribution in [0.4, 0.5) is 0 Å². The lowest BCUT2D eigenvalue weighted by Gasteiger charge is -2.39. The Morgan fingerprint density at radius 1 is 1.19 bits per heavy atom. The summed E-state index contributed by atoms with van der Waals surface area (Å²) in [7, 11) is 0. The van der Waals surface area contributed by atoms with Gasteiger partial charge in [0.05, 0.1) is 0 Å². The number of nitrogens with zero attached hydrogens (tertiary/aromatic N) is 1. The summed E-state index contributed by atoms with van der Waals surface area (Å²) >= 11 is 0. The van der Waals surface area contributed by atoms with E-state index in [0.717, 1.165) is 18.3 Å². The molecule has 4 rings (SSSR count). The summed E-state index contributed by atoms with van der Waals surface area (Å²) in [5, 5.41) is 2.93. The lowest BCUT2D eigenvalue weighted by atomic mass is 9.97. The maximum Gasteiger partial charge on any atom is 0.246 e. The molecule has 21 heavy (non-hydrogen) atoms. The SMILES string of the molecule is CC(C)CC1NC(=O)C(C)N(C2C3C4CCC(C4)C32)C1=O. The van der Waals surface area contributed by atoms with Crippen molar-refractivity contribution in [1.82, 2.24) is 10.2 Å². The second kappa shape index (κ2) is 4.47. The van der Waals surface area contributed by atoms with Crippen LogP contribution in [0.3, 0.4) is 0 Å². The van der Waals surface area contributed by atoms with Crippen molar-refractivity contribution in [3.05, 3.63) is 0 Å². The number of hydrogen-bond donors (Lipinski definition) is 1. The van der Waals surface area contributed by atoms with Crippen LogP contribution < -0.4 is 5.32 Å². The molecule has 1 aliphatic heterocycles. The summed E-state index contributed by atoms with van der Waals surface area (Å²) < 4.78 is 0. The van der Waals surface area contributed by atoms with Crippen molar-refractivity contribution in [2.24, 2.45) is 29.6 Å². The van der Waals surface area contributed by atoms with Crippen LogP contribution in [0.2, 0.25) is 0 Å². The number of nitrogens with one attached hydrogen (secondary N) is 1. The Hall–Kier alpha value is -1.06. The number of carbonyl (C=O) groups is 2. The molecule has 0 aromatic rings. The molecule has 1 N–H and O–H groups in total. The lowest BCUT2D eigenvalue weighted by molar-refractivity contribution is -0.150. The Morgan fingerprint density at radius 3 is 2.38 bits per heavy atom. The predicted molar refractivity (Wildman–Crippen MR) is 79.3 cm³/mol. The number of rotatable bonds is 3. The second-order valence-electron chi connectivity index (χ2n) is 8.09. The van der Waals surface area contributed by atoms with Gasteiger partial charge in [-0.15, -0.1) is 0 Å². The monoisotopic (exact) mass is 290 g/mol. The van der Waals surface area contributed by atoms with Crippen LogP contribution in [-0.4, -0.2) is 34.8 Å². The fraction of sp³-hybridized carbons (Fsp3) is 0.882. The first-order valence-corrected chi connectivity index (χ1v) is 8.61. The largest absolute Gasteiger partial charge is 0.343 e. The zero-order valence-electron chi connectivity index (χ0n) is 13.2. The van der Waals surface area contributed by atoms with E-state index >= 15 is 0 Å². The number of hydrogen-bond acceptors (Lipinski definition) is 2. The first-order valence-electron chi connectivity index (χ1n) is 8.61. The third kappa shape index (κ3) is 1.87. The van der Waals surface area contributed by atoms with E-state index in [1.807, 2.05) is 11.8 Å². The van der Waals surface area contributed by atoms with E-state index in [-0.39, 0.29) is 23.9 Å². The predicted octanol–water partition coefficient (Wildman–Crippen LogP) is 1.79. The van der Waals surface area contributed by atoms with E-state index in [9.17, 15) is 9.59 Å². The Labute approximate surface area is 126 Å².